The molecule has 1 saturated heterocycles. The lowest BCUT2D eigenvalue weighted by atomic mass is 9.84. The number of carbonyl (C=O) groups is 1. The van der Waals surface area contributed by atoms with Crippen LogP contribution in [0.4, 0.5) is 0 Å². The molecular formula is C15H23N3O2. The summed E-state index contributed by atoms with van der Waals surface area (Å²) in [5.41, 5.74) is 0.662. The fraction of sp³-hybridized carbons (Fsp3) is 0.600. The van der Waals surface area contributed by atoms with Crippen LogP contribution in [0.2, 0.25) is 0 Å². The lowest BCUT2D eigenvalue weighted by Gasteiger charge is -2.44. The standard InChI is InChI=1S/C15H23N3O2/c1-4-15(14(19)20,13-6-5-7-16-12(13)2)18-10-8-17(3)9-11-18/h5-7H,4,8-11H2,1-3H3,(H,19,20). The Bertz CT molecular complexity index is 484. The first kappa shape index (κ1) is 14.9. The summed E-state index contributed by atoms with van der Waals surface area (Å²) in [6, 6.07) is 3.73. The van der Waals surface area contributed by atoms with Gasteiger partial charge in [-0.1, -0.05) is 13.0 Å². The largest absolute Gasteiger partial charge is 0.480 e. The highest BCUT2D eigenvalue weighted by Crippen LogP contribution is 2.34. The fourth-order valence-corrected chi connectivity index (χ4v) is 3.10. The molecule has 0 saturated carbocycles. The van der Waals surface area contributed by atoms with Gasteiger partial charge in [-0.05, 0) is 26.5 Å². The summed E-state index contributed by atoms with van der Waals surface area (Å²) in [4.78, 5) is 20.7. The van der Waals surface area contributed by atoms with Crippen molar-refractivity contribution in [1.82, 2.24) is 14.8 Å². The Morgan fingerprint density at radius 3 is 2.55 bits per heavy atom. The zero-order valence-corrected chi connectivity index (χ0v) is 12.5. The molecule has 0 aliphatic carbocycles. The van der Waals surface area contributed by atoms with Gasteiger partial charge in [0.25, 0.3) is 0 Å². The van der Waals surface area contributed by atoms with Gasteiger partial charge in [-0.25, -0.2) is 4.79 Å². The Labute approximate surface area is 120 Å². The van der Waals surface area contributed by atoms with Crippen LogP contribution >= 0.6 is 0 Å². The average Bonchev–Trinajstić information content (AvgIpc) is 2.43. The predicted octanol–water partition coefficient (Wildman–Crippen LogP) is 1.33. The van der Waals surface area contributed by atoms with Crippen molar-refractivity contribution in [2.75, 3.05) is 33.2 Å². The Balaban J connectivity index is 2.46. The minimum Gasteiger partial charge on any atom is -0.480 e. The highest BCUT2D eigenvalue weighted by molar-refractivity contribution is 5.81. The van der Waals surface area contributed by atoms with E-state index >= 15 is 0 Å². The third kappa shape index (κ3) is 2.43. The van der Waals surface area contributed by atoms with Gasteiger partial charge >= 0.3 is 5.97 Å². The molecule has 5 heteroatoms. The van der Waals surface area contributed by atoms with Gasteiger partial charge in [0.05, 0.1) is 0 Å². The van der Waals surface area contributed by atoms with Crippen molar-refractivity contribution in [3.05, 3.63) is 29.6 Å². The van der Waals surface area contributed by atoms with Crippen LogP contribution in [0, 0.1) is 6.92 Å². The summed E-state index contributed by atoms with van der Waals surface area (Å²) < 4.78 is 0. The van der Waals surface area contributed by atoms with Crippen LogP contribution in [0.1, 0.15) is 24.6 Å². The van der Waals surface area contributed by atoms with E-state index in [0.29, 0.717) is 6.42 Å². The monoisotopic (exact) mass is 277 g/mol. The Hall–Kier alpha value is -1.46. The van der Waals surface area contributed by atoms with E-state index in [2.05, 4.69) is 21.8 Å². The van der Waals surface area contributed by atoms with Gasteiger partial charge in [-0.2, -0.15) is 0 Å². The van der Waals surface area contributed by atoms with Gasteiger partial charge in [-0.3, -0.25) is 9.88 Å². The number of hydrogen-bond acceptors (Lipinski definition) is 4. The SMILES string of the molecule is CCC(C(=O)O)(c1cccnc1C)N1CCN(C)CC1. The molecule has 1 N–H and O–H groups in total. The molecule has 0 aromatic carbocycles. The zero-order valence-electron chi connectivity index (χ0n) is 12.5. The van der Waals surface area contributed by atoms with Crippen molar-refractivity contribution in [1.29, 1.82) is 0 Å². The van der Waals surface area contributed by atoms with Crippen LogP contribution in [0.15, 0.2) is 18.3 Å². The summed E-state index contributed by atoms with van der Waals surface area (Å²) >= 11 is 0. The molecule has 1 unspecified atom stereocenters. The van der Waals surface area contributed by atoms with Crippen LogP contribution in [0.5, 0.6) is 0 Å². The molecule has 5 nitrogen and oxygen atoms in total. The maximum Gasteiger partial charge on any atom is 0.328 e. The van der Waals surface area contributed by atoms with Gasteiger partial charge in [0.1, 0.15) is 5.54 Å². The number of hydrogen-bond donors (Lipinski definition) is 1. The molecule has 0 radical (unpaired) electrons. The van der Waals surface area contributed by atoms with E-state index in [1.807, 2.05) is 26.0 Å². The third-order valence-corrected chi connectivity index (χ3v) is 4.36. The molecule has 0 spiro atoms. The van der Waals surface area contributed by atoms with E-state index in [1.54, 1.807) is 6.20 Å². The maximum absolute atomic E-state index is 12.1. The van der Waals surface area contributed by atoms with Gasteiger partial charge in [0.2, 0.25) is 0 Å². The van der Waals surface area contributed by atoms with Crippen LogP contribution in [-0.2, 0) is 10.3 Å². The Kier molecular flexibility index (Phi) is 4.40. The van der Waals surface area contributed by atoms with Crippen molar-refractivity contribution in [2.45, 2.75) is 25.8 Å². The van der Waals surface area contributed by atoms with E-state index < -0.39 is 11.5 Å². The Morgan fingerprint density at radius 2 is 2.05 bits per heavy atom. The highest BCUT2D eigenvalue weighted by atomic mass is 16.4. The van der Waals surface area contributed by atoms with E-state index in [9.17, 15) is 9.90 Å². The molecule has 110 valence electrons. The molecular weight excluding hydrogens is 254 g/mol. The van der Waals surface area contributed by atoms with Crippen LogP contribution < -0.4 is 0 Å². The van der Waals surface area contributed by atoms with Crippen molar-refractivity contribution in [3.8, 4) is 0 Å². The highest BCUT2D eigenvalue weighted by Gasteiger charge is 2.46. The number of aryl methyl sites for hydroxylation is 1. The molecule has 1 aromatic heterocycles. The van der Waals surface area contributed by atoms with E-state index in [1.165, 1.54) is 0 Å². The summed E-state index contributed by atoms with van der Waals surface area (Å²) in [5.74, 6) is -0.777. The second-order valence-electron chi connectivity index (χ2n) is 5.45. The smallest absolute Gasteiger partial charge is 0.328 e. The number of pyridine rings is 1. The lowest BCUT2D eigenvalue weighted by Crippen LogP contribution is -2.58. The molecule has 2 rings (SSSR count). The van der Waals surface area contributed by atoms with E-state index in [0.717, 1.165) is 37.4 Å². The second-order valence-corrected chi connectivity index (χ2v) is 5.45. The lowest BCUT2D eigenvalue weighted by molar-refractivity contribution is -0.154. The molecule has 0 amide bonds. The number of rotatable bonds is 4. The van der Waals surface area contributed by atoms with E-state index in [4.69, 9.17) is 0 Å². The summed E-state index contributed by atoms with van der Waals surface area (Å²) in [7, 11) is 2.07. The number of nitrogens with zero attached hydrogens (tertiary/aromatic N) is 3. The zero-order chi connectivity index (χ0) is 14.8. The first-order chi connectivity index (χ1) is 9.52. The van der Waals surface area contributed by atoms with Gasteiger partial charge in [0, 0.05) is 43.6 Å². The average molecular weight is 277 g/mol. The first-order valence-corrected chi connectivity index (χ1v) is 7.11. The third-order valence-electron chi connectivity index (χ3n) is 4.36. The first-order valence-electron chi connectivity index (χ1n) is 7.11. The molecule has 2 heterocycles. The minimum atomic E-state index is -0.959. The topological polar surface area (TPSA) is 56.7 Å². The predicted molar refractivity (Wildman–Crippen MR) is 77.6 cm³/mol. The van der Waals surface area contributed by atoms with Crippen LogP contribution in [0.3, 0.4) is 0 Å². The number of piperazine rings is 1. The van der Waals surface area contributed by atoms with Crippen molar-refractivity contribution >= 4 is 5.97 Å². The van der Waals surface area contributed by atoms with Gasteiger partial charge < -0.3 is 10.0 Å². The molecule has 1 aromatic rings. The molecule has 20 heavy (non-hydrogen) atoms. The number of aliphatic carboxylic acids is 1. The van der Waals surface area contributed by atoms with Gasteiger partial charge in [-0.15, -0.1) is 0 Å². The second kappa shape index (κ2) is 5.89. The van der Waals surface area contributed by atoms with E-state index in [-0.39, 0.29) is 0 Å². The summed E-state index contributed by atoms with van der Waals surface area (Å²) in [5, 5.41) is 9.94. The number of aromatic nitrogens is 1. The summed E-state index contributed by atoms with van der Waals surface area (Å²) in [6.45, 7) is 7.16. The molecule has 1 aliphatic heterocycles. The molecule has 1 fully saturated rings. The normalized spacial score (nSPS) is 20.6. The summed E-state index contributed by atoms with van der Waals surface area (Å²) in [6.07, 6.45) is 2.25. The number of likely N-dealkylation sites (N-methyl/N-ethyl adjacent to an activating group) is 1. The number of carboxylic acid groups (broad SMARTS) is 1. The molecule has 1 atom stereocenters. The van der Waals surface area contributed by atoms with Crippen LogP contribution in [0.25, 0.3) is 0 Å². The van der Waals surface area contributed by atoms with Crippen molar-refractivity contribution in [3.63, 3.8) is 0 Å². The van der Waals surface area contributed by atoms with Crippen molar-refractivity contribution < 1.29 is 9.90 Å². The Morgan fingerprint density at radius 1 is 1.40 bits per heavy atom. The van der Waals surface area contributed by atoms with Crippen LogP contribution in [-0.4, -0.2) is 59.1 Å². The minimum absolute atomic E-state index is 0.540. The van der Waals surface area contributed by atoms with Crippen molar-refractivity contribution in [2.24, 2.45) is 0 Å². The fourth-order valence-electron chi connectivity index (χ4n) is 3.10. The molecule has 0 bridgehead atoms. The number of carboxylic acids is 1. The van der Waals surface area contributed by atoms with Gasteiger partial charge in [0.15, 0.2) is 0 Å². The maximum atomic E-state index is 12.1. The quantitative estimate of drug-likeness (QED) is 0.899. The molecule has 1 aliphatic rings.